The van der Waals surface area contributed by atoms with Gasteiger partial charge in [0, 0.05) is 11.3 Å². The molecule has 78 valence electrons. The van der Waals surface area contributed by atoms with Crippen LogP contribution in [0, 0.1) is 6.92 Å². The van der Waals surface area contributed by atoms with Gasteiger partial charge in [0.25, 0.3) is 0 Å². The predicted molar refractivity (Wildman–Crippen MR) is 57.0 cm³/mol. The van der Waals surface area contributed by atoms with E-state index < -0.39 is 0 Å². The Morgan fingerprint density at radius 3 is 2.93 bits per heavy atom. The largest absolute Gasteiger partial charge is 0.395 e. The molecule has 0 aliphatic carbocycles. The lowest BCUT2D eigenvalue weighted by molar-refractivity contribution is 0.300. The molecule has 14 heavy (non-hydrogen) atoms. The first-order valence-electron chi connectivity index (χ1n) is 4.25. The normalized spacial score (nSPS) is 12.6. The van der Waals surface area contributed by atoms with Crippen LogP contribution in [0.5, 0.6) is 0 Å². The van der Waals surface area contributed by atoms with Crippen molar-refractivity contribution in [2.45, 2.75) is 24.1 Å². The third-order valence-electron chi connectivity index (χ3n) is 1.54. The lowest BCUT2D eigenvalue weighted by Gasteiger charge is -2.08. The Balaban J connectivity index is 2.81. The zero-order chi connectivity index (χ0) is 10.6. The third-order valence-corrected chi connectivity index (χ3v) is 2.54. The molecule has 0 bridgehead atoms. The summed E-state index contributed by atoms with van der Waals surface area (Å²) in [6.45, 7) is 3.85. The number of aryl methyl sites for hydroxylation is 1. The number of aliphatic hydroxyl groups is 1. The molecule has 1 atom stereocenters. The number of hydrogen-bond donors (Lipinski definition) is 3. The van der Waals surface area contributed by atoms with E-state index in [1.807, 2.05) is 6.92 Å². The molecule has 0 saturated carbocycles. The highest BCUT2D eigenvalue weighted by atomic mass is 32.2. The number of aliphatic hydroxyl groups excluding tert-OH is 1. The smallest absolute Gasteiger partial charge is 0.144 e. The number of rotatable bonds is 4. The van der Waals surface area contributed by atoms with Gasteiger partial charge >= 0.3 is 0 Å². The van der Waals surface area contributed by atoms with Crippen molar-refractivity contribution in [1.29, 1.82) is 0 Å². The SMILES string of the molecule is Cc1nc(NN)cc(SC(C)CO)n1. The van der Waals surface area contributed by atoms with Crippen molar-refractivity contribution in [2.24, 2.45) is 5.84 Å². The maximum atomic E-state index is 8.89. The van der Waals surface area contributed by atoms with Crippen molar-refractivity contribution >= 4 is 17.6 Å². The number of thioether (sulfide) groups is 1. The second-order valence-corrected chi connectivity index (χ2v) is 4.35. The summed E-state index contributed by atoms with van der Waals surface area (Å²) >= 11 is 1.49. The van der Waals surface area contributed by atoms with Gasteiger partial charge in [-0.15, -0.1) is 11.8 Å². The van der Waals surface area contributed by atoms with E-state index in [9.17, 15) is 0 Å². The minimum absolute atomic E-state index is 0.120. The van der Waals surface area contributed by atoms with Crippen LogP contribution in [0.4, 0.5) is 5.82 Å². The summed E-state index contributed by atoms with van der Waals surface area (Å²) in [4.78, 5) is 8.28. The molecular weight excluding hydrogens is 200 g/mol. The predicted octanol–water partition coefficient (Wildman–Crippen LogP) is 0.544. The molecule has 5 nitrogen and oxygen atoms in total. The van der Waals surface area contributed by atoms with Gasteiger partial charge in [0.2, 0.25) is 0 Å². The number of hydrazine groups is 1. The second kappa shape index (κ2) is 5.14. The first-order chi connectivity index (χ1) is 6.65. The van der Waals surface area contributed by atoms with Crippen molar-refractivity contribution in [1.82, 2.24) is 9.97 Å². The number of anilines is 1. The number of nitrogens with one attached hydrogen (secondary N) is 1. The monoisotopic (exact) mass is 214 g/mol. The van der Waals surface area contributed by atoms with Crippen LogP contribution in [-0.2, 0) is 0 Å². The first kappa shape index (κ1) is 11.2. The van der Waals surface area contributed by atoms with Crippen LogP contribution < -0.4 is 11.3 Å². The fraction of sp³-hybridized carbons (Fsp3) is 0.500. The Morgan fingerprint density at radius 1 is 1.64 bits per heavy atom. The molecule has 0 saturated heterocycles. The van der Waals surface area contributed by atoms with Crippen LogP contribution >= 0.6 is 11.8 Å². The van der Waals surface area contributed by atoms with E-state index in [-0.39, 0.29) is 11.9 Å². The highest BCUT2D eigenvalue weighted by Gasteiger charge is 2.06. The van der Waals surface area contributed by atoms with Crippen LogP contribution in [0.15, 0.2) is 11.1 Å². The van der Waals surface area contributed by atoms with Gasteiger partial charge < -0.3 is 10.5 Å². The van der Waals surface area contributed by atoms with Crippen LogP contribution in [-0.4, -0.2) is 26.9 Å². The summed E-state index contributed by atoms with van der Waals surface area (Å²) < 4.78 is 0. The van der Waals surface area contributed by atoms with Crippen molar-refractivity contribution in [2.75, 3.05) is 12.0 Å². The summed E-state index contributed by atoms with van der Waals surface area (Å²) in [7, 11) is 0. The van der Waals surface area contributed by atoms with E-state index in [1.54, 1.807) is 13.0 Å². The Bertz CT molecular complexity index is 307. The first-order valence-corrected chi connectivity index (χ1v) is 5.13. The van der Waals surface area contributed by atoms with Crippen LogP contribution in [0.3, 0.4) is 0 Å². The molecular formula is C8H14N4OS. The van der Waals surface area contributed by atoms with Gasteiger partial charge in [0.05, 0.1) is 6.61 Å². The molecule has 0 aliphatic rings. The molecule has 0 fully saturated rings. The van der Waals surface area contributed by atoms with Gasteiger partial charge in [-0.2, -0.15) is 0 Å². The van der Waals surface area contributed by atoms with Crippen molar-refractivity contribution in [3.05, 3.63) is 11.9 Å². The molecule has 0 aliphatic heterocycles. The molecule has 1 unspecified atom stereocenters. The third kappa shape index (κ3) is 3.13. The average Bonchev–Trinajstić information content (AvgIpc) is 2.16. The summed E-state index contributed by atoms with van der Waals surface area (Å²) in [5.74, 6) is 6.50. The average molecular weight is 214 g/mol. The number of nitrogens with two attached hydrogens (primary N) is 1. The molecule has 6 heteroatoms. The van der Waals surface area contributed by atoms with Crippen LogP contribution in [0.1, 0.15) is 12.7 Å². The lowest BCUT2D eigenvalue weighted by Crippen LogP contribution is -2.10. The highest BCUT2D eigenvalue weighted by Crippen LogP contribution is 2.22. The minimum atomic E-state index is 0.120. The van der Waals surface area contributed by atoms with Gasteiger partial charge in [0.15, 0.2) is 0 Å². The molecule has 0 aromatic carbocycles. The van der Waals surface area contributed by atoms with Gasteiger partial charge in [-0.25, -0.2) is 15.8 Å². The van der Waals surface area contributed by atoms with Crippen LogP contribution in [0.25, 0.3) is 0 Å². The van der Waals surface area contributed by atoms with E-state index in [1.165, 1.54) is 11.8 Å². The molecule has 1 aromatic heterocycles. The van der Waals surface area contributed by atoms with E-state index >= 15 is 0 Å². The lowest BCUT2D eigenvalue weighted by atomic mass is 10.5. The maximum Gasteiger partial charge on any atom is 0.144 e. The van der Waals surface area contributed by atoms with E-state index in [0.717, 1.165) is 5.03 Å². The van der Waals surface area contributed by atoms with Gasteiger partial charge in [-0.05, 0) is 6.92 Å². The Kier molecular flexibility index (Phi) is 4.12. The molecule has 1 heterocycles. The zero-order valence-electron chi connectivity index (χ0n) is 8.19. The number of aromatic nitrogens is 2. The summed E-state index contributed by atoms with van der Waals surface area (Å²) in [6.07, 6.45) is 0. The Morgan fingerprint density at radius 2 is 2.36 bits per heavy atom. The zero-order valence-corrected chi connectivity index (χ0v) is 9.01. The minimum Gasteiger partial charge on any atom is -0.395 e. The second-order valence-electron chi connectivity index (χ2n) is 2.89. The Hall–Kier alpha value is -0.850. The van der Waals surface area contributed by atoms with Gasteiger partial charge in [-0.3, -0.25) is 0 Å². The topological polar surface area (TPSA) is 84.1 Å². The molecule has 0 amide bonds. The van der Waals surface area contributed by atoms with Crippen molar-refractivity contribution in [3.8, 4) is 0 Å². The summed E-state index contributed by atoms with van der Waals surface area (Å²) in [5.41, 5.74) is 2.47. The quantitative estimate of drug-likeness (QED) is 0.294. The Labute approximate surface area is 87.1 Å². The summed E-state index contributed by atoms with van der Waals surface area (Å²) in [6, 6.07) is 1.75. The molecule has 0 spiro atoms. The standard InChI is InChI=1S/C8H14N4OS/c1-5(4-13)14-8-3-7(12-9)10-6(2)11-8/h3,5,13H,4,9H2,1-2H3,(H,10,11,12). The van der Waals surface area contributed by atoms with Crippen molar-refractivity contribution in [3.63, 3.8) is 0 Å². The van der Waals surface area contributed by atoms with Crippen molar-refractivity contribution < 1.29 is 5.11 Å². The van der Waals surface area contributed by atoms with E-state index in [0.29, 0.717) is 11.6 Å². The number of nitrogens with zero attached hydrogens (tertiary/aromatic N) is 2. The molecule has 0 radical (unpaired) electrons. The molecule has 4 N–H and O–H groups in total. The molecule has 1 rings (SSSR count). The van der Waals surface area contributed by atoms with Gasteiger partial charge in [-0.1, -0.05) is 6.92 Å². The highest BCUT2D eigenvalue weighted by molar-refractivity contribution is 7.99. The fourth-order valence-corrected chi connectivity index (χ4v) is 1.77. The van der Waals surface area contributed by atoms with E-state index in [2.05, 4.69) is 15.4 Å². The maximum absolute atomic E-state index is 8.89. The fourth-order valence-electron chi connectivity index (χ4n) is 0.918. The van der Waals surface area contributed by atoms with E-state index in [4.69, 9.17) is 10.9 Å². The summed E-state index contributed by atoms with van der Waals surface area (Å²) in [5, 5.41) is 9.82. The number of hydrogen-bond acceptors (Lipinski definition) is 6. The number of nitrogen functional groups attached to an aromatic ring is 1. The van der Waals surface area contributed by atoms with Gasteiger partial charge in [0.1, 0.15) is 16.7 Å². The van der Waals surface area contributed by atoms with Crippen LogP contribution in [0.2, 0.25) is 0 Å². The molecule has 1 aromatic rings.